The van der Waals surface area contributed by atoms with Crippen LogP contribution in [0.3, 0.4) is 0 Å². The molecule has 0 unspecified atom stereocenters. The molecule has 6 heteroatoms. The van der Waals surface area contributed by atoms with Gasteiger partial charge in [-0.1, -0.05) is 41.5 Å². The number of aliphatic carboxylic acids is 1. The third-order valence-electron chi connectivity index (χ3n) is 5.87. The Balaban J connectivity index is 5.58. The van der Waals surface area contributed by atoms with E-state index in [-0.39, 0.29) is 12.5 Å². The Morgan fingerprint density at radius 3 is 1.54 bits per heavy atom. The van der Waals surface area contributed by atoms with Gasteiger partial charge in [0, 0.05) is 0 Å². The topological polar surface area (TPSA) is 55.8 Å². The highest BCUT2D eigenvalue weighted by Crippen LogP contribution is 2.35. The van der Waals surface area contributed by atoms with Crippen molar-refractivity contribution >= 4 is 22.6 Å². The fraction of sp³-hybridized carbons (Fsp3) is 0.944. The molecule has 0 aromatic carbocycles. The molecule has 0 aromatic heterocycles. The van der Waals surface area contributed by atoms with E-state index >= 15 is 0 Å². The first-order chi connectivity index (χ1) is 11.1. The minimum absolute atomic E-state index is 0.0172. The fourth-order valence-electron chi connectivity index (χ4n) is 3.48. The normalized spacial score (nSPS) is 14.7. The Labute approximate surface area is 151 Å². The lowest BCUT2D eigenvalue weighted by Gasteiger charge is -2.45. The second kappa shape index (κ2) is 10.1. The van der Waals surface area contributed by atoms with Crippen molar-refractivity contribution in [3.8, 4) is 0 Å². The van der Waals surface area contributed by atoms with Gasteiger partial charge in [-0.3, -0.25) is 4.79 Å². The Morgan fingerprint density at radius 1 is 0.875 bits per heavy atom. The van der Waals surface area contributed by atoms with Crippen LogP contribution in [0.4, 0.5) is 0 Å². The van der Waals surface area contributed by atoms with E-state index in [0.29, 0.717) is 0 Å². The lowest BCUT2D eigenvalue weighted by molar-refractivity contribution is -0.142. The van der Waals surface area contributed by atoms with Crippen LogP contribution >= 0.6 is 0 Å². The summed E-state index contributed by atoms with van der Waals surface area (Å²) in [5, 5.41) is 9.42. The fourth-order valence-corrected chi connectivity index (χ4v) is 9.63. The maximum absolute atomic E-state index is 11.5. The summed E-state index contributed by atoms with van der Waals surface area (Å²) in [5.41, 5.74) is -0.565. The standard InChI is InChI=1S/C18H40O4Si2/c1-9-23(10-2,11-3)21-16(15-17(19)20)18(7,8)22-24(12-4,13-5)14-6/h16H,9-15H2,1-8H3,(H,19,20)/t16-/m1/s1. The van der Waals surface area contributed by atoms with Gasteiger partial charge in [-0.05, 0) is 50.1 Å². The molecule has 0 rings (SSSR count). The minimum Gasteiger partial charge on any atom is -0.481 e. The molecule has 0 radical (unpaired) electrons. The molecule has 0 aromatic rings. The number of hydrogen-bond donors (Lipinski definition) is 1. The van der Waals surface area contributed by atoms with Gasteiger partial charge in [0.1, 0.15) is 0 Å². The minimum atomic E-state index is -1.89. The van der Waals surface area contributed by atoms with Crippen LogP contribution in [0.15, 0.2) is 0 Å². The van der Waals surface area contributed by atoms with Gasteiger partial charge in [-0.2, -0.15) is 0 Å². The van der Waals surface area contributed by atoms with E-state index < -0.39 is 28.2 Å². The number of carbonyl (C=O) groups is 1. The first-order valence-electron chi connectivity index (χ1n) is 9.69. The summed E-state index contributed by atoms with van der Waals surface area (Å²) < 4.78 is 13.3. The maximum atomic E-state index is 11.5. The first-order valence-corrected chi connectivity index (χ1v) is 14.7. The van der Waals surface area contributed by atoms with E-state index in [2.05, 4.69) is 41.5 Å². The summed E-state index contributed by atoms with van der Waals surface area (Å²) >= 11 is 0. The SMILES string of the molecule is CC[Si](CC)(CC)O[C@H](CC(=O)O)C(C)(C)O[Si](CC)(CC)CC. The van der Waals surface area contributed by atoms with Gasteiger partial charge in [-0.15, -0.1) is 0 Å². The summed E-state index contributed by atoms with van der Waals surface area (Å²) in [7, 11) is -3.72. The van der Waals surface area contributed by atoms with Crippen LogP contribution in [0.5, 0.6) is 0 Å². The van der Waals surface area contributed by atoms with Crippen LogP contribution in [0, 0.1) is 0 Å². The first kappa shape index (κ1) is 23.8. The van der Waals surface area contributed by atoms with Gasteiger partial charge in [0.2, 0.25) is 0 Å². The maximum Gasteiger partial charge on any atom is 0.306 e. The van der Waals surface area contributed by atoms with E-state index in [0.717, 1.165) is 36.3 Å². The zero-order valence-electron chi connectivity index (χ0n) is 17.2. The number of hydrogen-bond acceptors (Lipinski definition) is 3. The average molecular weight is 377 g/mol. The smallest absolute Gasteiger partial charge is 0.306 e. The van der Waals surface area contributed by atoms with Crippen molar-refractivity contribution in [2.75, 3.05) is 0 Å². The molecule has 0 fully saturated rings. The van der Waals surface area contributed by atoms with Crippen molar-refractivity contribution in [3.05, 3.63) is 0 Å². The van der Waals surface area contributed by atoms with Crippen LogP contribution in [0.25, 0.3) is 0 Å². The average Bonchev–Trinajstić information content (AvgIpc) is 2.56. The van der Waals surface area contributed by atoms with Crippen molar-refractivity contribution < 1.29 is 18.8 Å². The van der Waals surface area contributed by atoms with E-state index in [1.165, 1.54) is 0 Å². The van der Waals surface area contributed by atoms with E-state index in [1.54, 1.807) is 0 Å². The largest absolute Gasteiger partial charge is 0.481 e. The van der Waals surface area contributed by atoms with Gasteiger partial charge in [0.25, 0.3) is 0 Å². The molecular weight excluding hydrogens is 336 g/mol. The van der Waals surface area contributed by atoms with Gasteiger partial charge in [0.05, 0.1) is 18.1 Å². The zero-order valence-corrected chi connectivity index (χ0v) is 19.2. The monoisotopic (exact) mass is 376 g/mol. The van der Waals surface area contributed by atoms with Crippen LogP contribution in [-0.4, -0.2) is 39.4 Å². The van der Waals surface area contributed by atoms with Crippen LogP contribution in [0.2, 0.25) is 36.3 Å². The highest BCUT2D eigenvalue weighted by Gasteiger charge is 2.44. The van der Waals surface area contributed by atoms with Crippen LogP contribution in [0.1, 0.15) is 61.8 Å². The lowest BCUT2D eigenvalue weighted by Crippen LogP contribution is -2.55. The summed E-state index contributed by atoms with van der Waals surface area (Å²) in [5.74, 6) is -0.806. The third-order valence-corrected chi connectivity index (χ3v) is 15.3. The summed E-state index contributed by atoms with van der Waals surface area (Å²) in [6.07, 6.45) is -0.360. The Morgan fingerprint density at radius 2 is 1.25 bits per heavy atom. The molecule has 0 heterocycles. The highest BCUT2D eigenvalue weighted by molar-refractivity contribution is 6.74. The van der Waals surface area contributed by atoms with E-state index in [9.17, 15) is 9.90 Å². The summed E-state index contributed by atoms with van der Waals surface area (Å²) in [6.45, 7) is 17.2. The molecule has 0 saturated heterocycles. The van der Waals surface area contributed by atoms with Gasteiger partial charge < -0.3 is 14.0 Å². The lowest BCUT2D eigenvalue weighted by atomic mass is 9.99. The molecule has 0 aliphatic carbocycles. The molecule has 1 atom stereocenters. The number of carboxylic acid groups (broad SMARTS) is 1. The molecule has 0 aliphatic rings. The number of rotatable bonds is 13. The van der Waals surface area contributed by atoms with Crippen molar-refractivity contribution in [3.63, 3.8) is 0 Å². The Hall–Kier alpha value is -0.176. The van der Waals surface area contributed by atoms with Crippen molar-refractivity contribution in [2.24, 2.45) is 0 Å². The van der Waals surface area contributed by atoms with E-state index in [4.69, 9.17) is 8.85 Å². The van der Waals surface area contributed by atoms with Gasteiger partial charge in [-0.25, -0.2) is 0 Å². The predicted molar refractivity (Wildman–Crippen MR) is 107 cm³/mol. The molecule has 4 nitrogen and oxygen atoms in total. The Kier molecular flexibility index (Phi) is 10.0. The highest BCUT2D eigenvalue weighted by atomic mass is 28.4. The molecule has 0 bridgehead atoms. The molecule has 0 spiro atoms. The van der Waals surface area contributed by atoms with Crippen LogP contribution < -0.4 is 0 Å². The van der Waals surface area contributed by atoms with Crippen LogP contribution in [-0.2, 0) is 13.6 Å². The van der Waals surface area contributed by atoms with Crippen molar-refractivity contribution in [2.45, 2.75) is 110 Å². The van der Waals surface area contributed by atoms with Gasteiger partial charge >= 0.3 is 5.97 Å². The quantitative estimate of drug-likeness (QED) is 0.422. The van der Waals surface area contributed by atoms with Crippen molar-refractivity contribution in [1.82, 2.24) is 0 Å². The van der Waals surface area contributed by atoms with Gasteiger partial charge in [0.15, 0.2) is 16.6 Å². The molecule has 0 amide bonds. The second-order valence-corrected chi connectivity index (χ2v) is 16.8. The molecule has 0 aliphatic heterocycles. The van der Waals surface area contributed by atoms with E-state index in [1.807, 2.05) is 13.8 Å². The predicted octanol–water partition coefficient (Wildman–Crippen LogP) is 5.65. The number of carboxylic acids is 1. The molecule has 144 valence electrons. The molecule has 0 saturated carbocycles. The molecule has 1 N–H and O–H groups in total. The third kappa shape index (κ3) is 6.28. The van der Waals surface area contributed by atoms with Crippen molar-refractivity contribution in [1.29, 1.82) is 0 Å². The molecule has 24 heavy (non-hydrogen) atoms. The Bertz CT molecular complexity index is 361. The molecular formula is C18H40O4Si2. The second-order valence-electron chi connectivity index (χ2n) is 7.40. The summed E-state index contributed by atoms with van der Waals surface area (Å²) in [4.78, 5) is 11.5. The summed E-state index contributed by atoms with van der Waals surface area (Å²) in [6, 6.07) is 6.22. The zero-order chi connectivity index (χ0) is 19.0.